The van der Waals surface area contributed by atoms with E-state index in [4.69, 9.17) is 10.5 Å². The van der Waals surface area contributed by atoms with Crippen LogP contribution in [0.2, 0.25) is 0 Å². The van der Waals surface area contributed by atoms with Crippen LogP contribution >= 0.6 is 0 Å². The van der Waals surface area contributed by atoms with E-state index < -0.39 is 5.41 Å². The van der Waals surface area contributed by atoms with Crippen LogP contribution in [0.25, 0.3) is 0 Å². The van der Waals surface area contributed by atoms with Gasteiger partial charge in [-0.05, 0) is 25.3 Å². The van der Waals surface area contributed by atoms with E-state index in [0.717, 1.165) is 18.4 Å². The summed E-state index contributed by atoms with van der Waals surface area (Å²) in [5.41, 5.74) is 6.42. The maximum atomic E-state index is 11.8. The molecule has 0 radical (unpaired) electrons. The van der Waals surface area contributed by atoms with E-state index in [9.17, 15) is 4.79 Å². The van der Waals surface area contributed by atoms with Crippen LogP contribution in [0, 0.1) is 5.41 Å². The van der Waals surface area contributed by atoms with Crippen molar-refractivity contribution >= 4 is 5.97 Å². The van der Waals surface area contributed by atoms with Gasteiger partial charge in [0, 0.05) is 6.04 Å². The van der Waals surface area contributed by atoms with E-state index in [1.807, 2.05) is 37.3 Å². The number of carbonyl (C=O) groups excluding carboxylic acids is 1. The molecular weight excluding hydrogens is 202 g/mol. The third kappa shape index (κ3) is 2.09. The van der Waals surface area contributed by atoms with Gasteiger partial charge in [0.2, 0.25) is 0 Å². The Morgan fingerprint density at radius 1 is 1.44 bits per heavy atom. The molecule has 1 unspecified atom stereocenters. The molecule has 1 fully saturated rings. The highest BCUT2D eigenvalue weighted by atomic mass is 16.5. The molecule has 86 valence electrons. The first kappa shape index (κ1) is 11.1. The lowest BCUT2D eigenvalue weighted by molar-refractivity contribution is -0.152. The Hall–Kier alpha value is -1.35. The number of carbonyl (C=O) groups is 1. The fraction of sp³-hybridized carbons (Fsp3) is 0.462. The lowest BCUT2D eigenvalue weighted by Gasteiger charge is -2.17. The standard InChI is InChI=1S/C13H17NO2/c1-10(14)13(7-8-13)12(15)16-9-11-5-3-2-4-6-11/h2-6,10H,7-9,14H2,1H3. The van der Waals surface area contributed by atoms with Crippen molar-refractivity contribution in [2.75, 3.05) is 0 Å². The molecule has 2 N–H and O–H groups in total. The number of hydrogen-bond acceptors (Lipinski definition) is 3. The Bertz CT molecular complexity index is 369. The predicted octanol–water partition coefficient (Wildman–Crippen LogP) is 1.86. The Kier molecular flexibility index (Phi) is 2.97. The van der Waals surface area contributed by atoms with Gasteiger partial charge in [-0.25, -0.2) is 0 Å². The van der Waals surface area contributed by atoms with Crippen LogP contribution in [0.1, 0.15) is 25.3 Å². The highest BCUT2D eigenvalue weighted by Crippen LogP contribution is 2.49. The van der Waals surface area contributed by atoms with Gasteiger partial charge in [-0.1, -0.05) is 30.3 Å². The lowest BCUT2D eigenvalue weighted by atomic mass is 9.99. The Labute approximate surface area is 95.6 Å². The minimum Gasteiger partial charge on any atom is -0.460 e. The number of nitrogens with two attached hydrogens (primary N) is 1. The van der Waals surface area contributed by atoms with Gasteiger partial charge in [0.15, 0.2) is 0 Å². The number of rotatable bonds is 4. The van der Waals surface area contributed by atoms with E-state index in [1.165, 1.54) is 0 Å². The zero-order valence-electron chi connectivity index (χ0n) is 9.48. The molecule has 0 saturated heterocycles. The Balaban J connectivity index is 1.90. The average molecular weight is 219 g/mol. The highest BCUT2D eigenvalue weighted by Gasteiger charge is 2.54. The van der Waals surface area contributed by atoms with E-state index in [2.05, 4.69) is 0 Å². The summed E-state index contributed by atoms with van der Waals surface area (Å²) in [5, 5.41) is 0. The van der Waals surface area contributed by atoms with Crippen molar-refractivity contribution in [3.63, 3.8) is 0 Å². The van der Waals surface area contributed by atoms with Gasteiger partial charge < -0.3 is 10.5 Å². The molecule has 1 aromatic carbocycles. The molecule has 1 atom stereocenters. The largest absolute Gasteiger partial charge is 0.460 e. The van der Waals surface area contributed by atoms with Crippen molar-refractivity contribution < 1.29 is 9.53 Å². The van der Waals surface area contributed by atoms with Crippen LogP contribution in [-0.4, -0.2) is 12.0 Å². The molecule has 1 aliphatic carbocycles. The molecule has 1 saturated carbocycles. The number of esters is 1. The predicted molar refractivity (Wildman–Crippen MR) is 61.6 cm³/mol. The second-order valence-electron chi connectivity index (χ2n) is 4.51. The van der Waals surface area contributed by atoms with E-state index in [-0.39, 0.29) is 12.0 Å². The molecule has 1 aliphatic rings. The summed E-state index contributed by atoms with van der Waals surface area (Å²) in [6, 6.07) is 9.58. The summed E-state index contributed by atoms with van der Waals surface area (Å²) in [7, 11) is 0. The van der Waals surface area contributed by atoms with Crippen LogP contribution in [0.15, 0.2) is 30.3 Å². The fourth-order valence-electron chi connectivity index (χ4n) is 1.85. The smallest absolute Gasteiger partial charge is 0.313 e. The van der Waals surface area contributed by atoms with Crippen molar-refractivity contribution in [2.24, 2.45) is 11.1 Å². The fourth-order valence-corrected chi connectivity index (χ4v) is 1.85. The number of ether oxygens (including phenoxy) is 1. The SMILES string of the molecule is CC(N)C1(C(=O)OCc2ccccc2)CC1. The molecule has 1 aromatic rings. The Morgan fingerprint density at radius 2 is 2.06 bits per heavy atom. The third-order valence-electron chi connectivity index (χ3n) is 3.28. The van der Waals surface area contributed by atoms with Crippen molar-refractivity contribution in [2.45, 2.75) is 32.4 Å². The normalized spacial score (nSPS) is 18.9. The van der Waals surface area contributed by atoms with Gasteiger partial charge in [0.25, 0.3) is 0 Å². The van der Waals surface area contributed by atoms with Crippen molar-refractivity contribution in [3.05, 3.63) is 35.9 Å². The molecule has 0 amide bonds. The van der Waals surface area contributed by atoms with Crippen LogP contribution in [0.3, 0.4) is 0 Å². The van der Waals surface area contributed by atoms with Gasteiger partial charge >= 0.3 is 5.97 Å². The first-order valence-corrected chi connectivity index (χ1v) is 5.62. The molecular formula is C13H17NO2. The zero-order chi connectivity index (χ0) is 11.6. The summed E-state index contributed by atoms with van der Waals surface area (Å²) >= 11 is 0. The van der Waals surface area contributed by atoms with Crippen LogP contribution < -0.4 is 5.73 Å². The molecule has 0 heterocycles. The summed E-state index contributed by atoms with van der Waals surface area (Å²) in [4.78, 5) is 11.8. The number of benzene rings is 1. The maximum Gasteiger partial charge on any atom is 0.313 e. The van der Waals surface area contributed by atoms with Crippen molar-refractivity contribution in [3.8, 4) is 0 Å². The molecule has 2 rings (SSSR count). The summed E-state index contributed by atoms with van der Waals surface area (Å²) in [5.74, 6) is -0.147. The molecule has 3 nitrogen and oxygen atoms in total. The van der Waals surface area contributed by atoms with E-state index in [0.29, 0.717) is 6.61 Å². The molecule has 0 spiro atoms. The quantitative estimate of drug-likeness (QED) is 0.786. The monoisotopic (exact) mass is 219 g/mol. The van der Waals surface area contributed by atoms with Gasteiger partial charge in [-0.3, -0.25) is 4.79 Å². The molecule has 0 aliphatic heterocycles. The van der Waals surface area contributed by atoms with E-state index in [1.54, 1.807) is 0 Å². The Morgan fingerprint density at radius 3 is 2.56 bits per heavy atom. The molecule has 3 heteroatoms. The second kappa shape index (κ2) is 4.26. The van der Waals surface area contributed by atoms with Gasteiger partial charge in [0.05, 0.1) is 5.41 Å². The van der Waals surface area contributed by atoms with Crippen LogP contribution in [-0.2, 0) is 16.1 Å². The first-order valence-electron chi connectivity index (χ1n) is 5.62. The summed E-state index contributed by atoms with van der Waals surface area (Å²) < 4.78 is 5.30. The molecule has 0 bridgehead atoms. The summed E-state index contributed by atoms with van der Waals surface area (Å²) in [6.45, 7) is 2.21. The second-order valence-corrected chi connectivity index (χ2v) is 4.51. The average Bonchev–Trinajstić information content (AvgIpc) is 3.08. The summed E-state index contributed by atoms with van der Waals surface area (Å²) in [6.07, 6.45) is 1.72. The van der Waals surface area contributed by atoms with Gasteiger partial charge in [-0.15, -0.1) is 0 Å². The topological polar surface area (TPSA) is 52.3 Å². The molecule has 16 heavy (non-hydrogen) atoms. The minimum absolute atomic E-state index is 0.115. The van der Waals surface area contributed by atoms with Crippen molar-refractivity contribution in [1.29, 1.82) is 0 Å². The number of hydrogen-bond donors (Lipinski definition) is 1. The van der Waals surface area contributed by atoms with Gasteiger partial charge in [-0.2, -0.15) is 0 Å². The van der Waals surface area contributed by atoms with E-state index >= 15 is 0 Å². The minimum atomic E-state index is -0.394. The molecule has 0 aromatic heterocycles. The maximum absolute atomic E-state index is 11.8. The first-order chi connectivity index (χ1) is 7.65. The zero-order valence-corrected chi connectivity index (χ0v) is 9.48. The van der Waals surface area contributed by atoms with Crippen molar-refractivity contribution in [1.82, 2.24) is 0 Å². The third-order valence-corrected chi connectivity index (χ3v) is 3.28. The highest BCUT2D eigenvalue weighted by molar-refractivity contribution is 5.80. The van der Waals surface area contributed by atoms with Gasteiger partial charge in [0.1, 0.15) is 6.61 Å². The van der Waals surface area contributed by atoms with Crippen LogP contribution in [0.5, 0.6) is 0 Å². The lowest BCUT2D eigenvalue weighted by Crippen LogP contribution is -2.35. The van der Waals surface area contributed by atoms with Crippen LogP contribution in [0.4, 0.5) is 0 Å².